The second-order valence-corrected chi connectivity index (χ2v) is 3.11. The van der Waals surface area contributed by atoms with Crippen LogP contribution in [0.3, 0.4) is 0 Å². The molecule has 1 amide bonds. The van der Waals surface area contributed by atoms with Gasteiger partial charge in [0.05, 0.1) is 6.04 Å². The van der Waals surface area contributed by atoms with E-state index in [2.05, 4.69) is 9.97 Å². The number of H-pyrrole nitrogens is 1. The first-order valence-electron chi connectivity index (χ1n) is 4.28. The molecule has 5 heteroatoms. The van der Waals surface area contributed by atoms with Crippen molar-refractivity contribution in [2.24, 2.45) is 0 Å². The maximum Gasteiger partial charge on any atom is 0.407 e. The van der Waals surface area contributed by atoms with Gasteiger partial charge in [0.1, 0.15) is 5.82 Å². The first-order valence-corrected chi connectivity index (χ1v) is 4.28. The lowest BCUT2D eigenvalue weighted by Crippen LogP contribution is -2.29. The van der Waals surface area contributed by atoms with Crippen LogP contribution in [-0.2, 0) is 0 Å². The summed E-state index contributed by atoms with van der Waals surface area (Å²) in [6.45, 7) is 0.612. The molecule has 0 unspecified atom stereocenters. The number of carboxylic acid groups (broad SMARTS) is 1. The Hall–Kier alpha value is -1.52. The van der Waals surface area contributed by atoms with Gasteiger partial charge in [0.25, 0.3) is 0 Å². The summed E-state index contributed by atoms with van der Waals surface area (Å²) < 4.78 is 0. The molecule has 1 fully saturated rings. The van der Waals surface area contributed by atoms with Crippen molar-refractivity contribution in [2.75, 3.05) is 6.54 Å². The third-order valence-electron chi connectivity index (χ3n) is 2.33. The molecule has 0 saturated carbocycles. The van der Waals surface area contributed by atoms with Gasteiger partial charge in [-0.05, 0) is 12.8 Å². The van der Waals surface area contributed by atoms with Gasteiger partial charge in [0.15, 0.2) is 0 Å². The molecule has 5 nitrogen and oxygen atoms in total. The zero-order valence-electron chi connectivity index (χ0n) is 7.10. The zero-order chi connectivity index (χ0) is 9.26. The van der Waals surface area contributed by atoms with Gasteiger partial charge < -0.3 is 10.1 Å². The van der Waals surface area contributed by atoms with Crippen molar-refractivity contribution < 1.29 is 9.90 Å². The van der Waals surface area contributed by atoms with Crippen molar-refractivity contribution in [3.8, 4) is 0 Å². The molecular weight excluding hydrogens is 170 g/mol. The number of nitrogens with zero attached hydrogens (tertiary/aromatic N) is 2. The van der Waals surface area contributed by atoms with Gasteiger partial charge in [0.2, 0.25) is 0 Å². The number of imidazole rings is 1. The Labute approximate surface area is 75.4 Å². The van der Waals surface area contributed by atoms with E-state index in [0.717, 1.165) is 18.7 Å². The number of nitrogens with one attached hydrogen (secondary N) is 1. The summed E-state index contributed by atoms with van der Waals surface area (Å²) in [5.41, 5.74) is 0. The van der Waals surface area contributed by atoms with E-state index in [9.17, 15) is 4.79 Å². The van der Waals surface area contributed by atoms with Crippen LogP contribution in [0.5, 0.6) is 0 Å². The third-order valence-corrected chi connectivity index (χ3v) is 2.33. The highest BCUT2D eigenvalue weighted by Crippen LogP contribution is 2.29. The summed E-state index contributed by atoms with van der Waals surface area (Å²) in [4.78, 5) is 19.2. The molecule has 0 spiro atoms. The molecule has 1 aromatic rings. The number of rotatable bonds is 1. The van der Waals surface area contributed by atoms with E-state index in [0.29, 0.717) is 6.54 Å². The monoisotopic (exact) mass is 181 g/mol. The van der Waals surface area contributed by atoms with Crippen molar-refractivity contribution in [3.05, 3.63) is 18.2 Å². The Morgan fingerprint density at radius 2 is 2.62 bits per heavy atom. The molecule has 0 bridgehead atoms. The van der Waals surface area contributed by atoms with Gasteiger partial charge in [-0.15, -0.1) is 0 Å². The number of amides is 1. The van der Waals surface area contributed by atoms with E-state index >= 15 is 0 Å². The van der Waals surface area contributed by atoms with Crippen LogP contribution < -0.4 is 0 Å². The van der Waals surface area contributed by atoms with Gasteiger partial charge in [0, 0.05) is 18.9 Å². The lowest BCUT2D eigenvalue weighted by molar-refractivity contribution is 0.139. The Morgan fingerprint density at radius 1 is 1.77 bits per heavy atom. The summed E-state index contributed by atoms with van der Waals surface area (Å²) in [5, 5.41) is 8.87. The van der Waals surface area contributed by atoms with Crippen LogP contribution in [0.15, 0.2) is 12.4 Å². The molecule has 0 aliphatic carbocycles. The van der Waals surface area contributed by atoms with Crippen molar-refractivity contribution in [1.29, 1.82) is 0 Å². The molecule has 1 saturated heterocycles. The number of aromatic nitrogens is 2. The highest BCUT2D eigenvalue weighted by atomic mass is 16.4. The zero-order valence-corrected chi connectivity index (χ0v) is 7.10. The van der Waals surface area contributed by atoms with Crippen molar-refractivity contribution in [2.45, 2.75) is 18.9 Å². The molecule has 13 heavy (non-hydrogen) atoms. The average molecular weight is 181 g/mol. The predicted octanol–water partition coefficient (Wildman–Crippen LogP) is 1.22. The fourth-order valence-electron chi connectivity index (χ4n) is 1.74. The fourth-order valence-corrected chi connectivity index (χ4v) is 1.74. The summed E-state index contributed by atoms with van der Waals surface area (Å²) >= 11 is 0. The molecule has 1 atom stereocenters. The minimum Gasteiger partial charge on any atom is -0.465 e. The van der Waals surface area contributed by atoms with E-state index in [-0.39, 0.29) is 6.04 Å². The number of hydrogen-bond acceptors (Lipinski definition) is 2. The second-order valence-electron chi connectivity index (χ2n) is 3.11. The molecule has 1 aliphatic rings. The molecular formula is C8H11N3O2. The number of hydrogen-bond donors (Lipinski definition) is 2. The minimum absolute atomic E-state index is 0.0764. The number of carbonyl (C=O) groups is 1. The number of likely N-dealkylation sites (tertiary alicyclic amines) is 1. The van der Waals surface area contributed by atoms with Crippen LogP contribution >= 0.6 is 0 Å². The maximum absolute atomic E-state index is 10.8. The lowest BCUT2D eigenvalue weighted by atomic mass is 10.2. The predicted molar refractivity (Wildman–Crippen MR) is 45.3 cm³/mol. The van der Waals surface area contributed by atoms with E-state index in [1.54, 1.807) is 12.4 Å². The lowest BCUT2D eigenvalue weighted by Gasteiger charge is -2.18. The molecule has 0 aromatic carbocycles. The van der Waals surface area contributed by atoms with E-state index in [1.165, 1.54) is 4.90 Å². The quantitative estimate of drug-likeness (QED) is 0.684. The van der Waals surface area contributed by atoms with Crippen LogP contribution in [0.4, 0.5) is 4.79 Å². The van der Waals surface area contributed by atoms with Crippen LogP contribution in [0, 0.1) is 0 Å². The van der Waals surface area contributed by atoms with Crippen LogP contribution in [0.25, 0.3) is 0 Å². The first kappa shape index (κ1) is 8.10. The smallest absolute Gasteiger partial charge is 0.407 e. The van der Waals surface area contributed by atoms with E-state index in [4.69, 9.17) is 5.11 Å². The largest absolute Gasteiger partial charge is 0.465 e. The molecule has 2 rings (SSSR count). The van der Waals surface area contributed by atoms with E-state index in [1.807, 2.05) is 0 Å². The normalized spacial score (nSPS) is 22.2. The summed E-state index contributed by atoms with van der Waals surface area (Å²) in [7, 11) is 0. The molecule has 70 valence electrons. The van der Waals surface area contributed by atoms with Gasteiger partial charge in [-0.3, -0.25) is 4.90 Å². The first-order chi connectivity index (χ1) is 6.29. The number of aromatic amines is 1. The van der Waals surface area contributed by atoms with Crippen molar-refractivity contribution >= 4 is 6.09 Å². The highest BCUT2D eigenvalue weighted by Gasteiger charge is 2.31. The van der Waals surface area contributed by atoms with E-state index < -0.39 is 6.09 Å². The SMILES string of the molecule is O=C(O)N1CCC[C@H]1c1ncc[nH]1. The maximum atomic E-state index is 10.8. The summed E-state index contributed by atoms with van der Waals surface area (Å²) in [6.07, 6.45) is 4.28. The molecule has 0 radical (unpaired) electrons. The summed E-state index contributed by atoms with van der Waals surface area (Å²) in [6, 6.07) is -0.0764. The Kier molecular flexibility index (Phi) is 1.92. The molecule has 1 aliphatic heterocycles. The van der Waals surface area contributed by atoms with Crippen LogP contribution in [-0.4, -0.2) is 32.6 Å². The standard InChI is InChI=1S/C8H11N3O2/c12-8(13)11-5-1-2-6(11)7-9-3-4-10-7/h3-4,6H,1-2,5H2,(H,9,10)(H,12,13)/t6-/m0/s1. The van der Waals surface area contributed by atoms with Gasteiger partial charge in [-0.1, -0.05) is 0 Å². The molecule has 1 aromatic heterocycles. The highest BCUT2D eigenvalue weighted by molar-refractivity contribution is 5.65. The average Bonchev–Trinajstić information content (AvgIpc) is 2.74. The van der Waals surface area contributed by atoms with Gasteiger partial charge in [-0.2, -0.15) is 0 Å². The van der Waals surface area contributed by atoms with Crippen molar-refractivity contribution in [1.82, 2.24) is 14.9 Å². The second kappa shape index (κ2) is 3.08. The Balaban J connectivity index is 2.19. The summed E-state index contributed by atoms with van der Waals surface area (Å²) in [5.74, 6) is 0.750. The van der Waals surface area contributed by atoms with Gasteiger partial charge >= 0.3 is 6.09 Å². The minimum atomic E-state index is -0.862. The molecule has 2 N–H and O–H groups in total. The third kappa shape index (κ3) is 1.37. The van der Waals surface area contributed by atoms with Crippen LogP contribution in [0.1, 0.15) is 24.7 Å². The molecule has 2 heterocycles. The topological polar surface area (TPSA) is 69.2 Å². The van der Waals surface area contributed by atoms with Gasteiger partial charge in [-0.25, -0.2) is 9.78 Å². The van der Waals surface area contributed by atoms with Crippen molar-refractivity contribution in [3.63, 3.8) is 0 Å². The Morgan fingerprint density at radius 3 is 3.23 bits per heavy atom. The Bertz CT molecular complexity index is 296. The van der Waals surface area contributed by atoms with Crippen LogP contribution in [0.2, 0.25) is 0 Å². The fraction of sp³-hybridized carbons (Fsp3) is 0.500.